The van der Waals surface area contributed by atoms with Gasteiger partial charge in [0.1, 0.15) is 11.6 Å². The van der Waals surface area contributed by atoms with E-state index in [2.05, 4.69) is 58.3 Å². The molecule has 2 aromatic carbocycles. The van der Waals surface area contributed by atoms with Crippen molar-refractivity contribution < 1.29 is 4.74 Å². The van der Waals surface area contributed by atoms with Crippen LogP contribution in [0.5, 0.6) is 5.75 Å². The van der Waals surface area contributed by atoms with Gasteiger partial charge in [-0.3, -0.25) is 9.89 Å². The van der Waals surface area contributed by atoms with E-state index in [1.54, 1.807) is 25.3 Å². The highest BCUT2D eigenvalue weighted by molar-refractivity contribution is 7.64. The van der Waals surface area contributed by atoms with Crippen molar-refractivity contribution in [2.45, 2.75) is 13.3 Å². The predicted octanol–water partition coefficient (Wildman–Crippen LogP) is 4.71. The van der Waals surface area contributed by atoms with E-state index in [4.69, 9.17) is 15.5 Å². The van der Waals surface area contributed by atoms with Crippen LogP contribution in [0.15, 0.2) is 53.8 Å². The number of nitrogens with one attached hydrogen (secondary N) is 2. The lowest BCUT2D eigenvalue weighted by molar-refractivity contribution is 0.417. The fraction of sp³-hybridized carbons (Fsp3) is 0.259. The Morgan fingerprint density at radius 1 is 1.22 bits per heavy atom. The first kappa shape index (κ1) is 25.9. The highest BCUT2D eigenvalue weighted by atomic mass is 31.1. The maximum atomic E-state index is 9.78. The van der Waals surface area contributed by atoms with Crippen LogP contribution >= 0.6 is 7.92 Å². The Bertz CT molecular complexity index is 1410. The third kappa shape index (κ3) is 5.35. The smallest absolute Gasteiger partial charge is 0.229 e. The number of nitrogens with zero attached hydrogens (tertiary/aromatic N) is 5. The van der Waals surface area contributed by atoms with Crippen LogP contribution in [0.1, 0.15) is 17.5 Å². The number of aromatic nitrogens is 2. The number of hydrogen-bond donors (Lipinski definition) is 3. The average Bonchev–Trinajstić information content (AvgIpc) is 3.05. The fourth-order valence-corrected chi connectivity index (χ4v) is 5.27. The Labute approximate surface area is 218 Å². The van der Waals surface area contributed by atoms with Crippen molar-refractivity contribution in [1.82, 2.24) is 9.97 Å². The normalized spacial score (nSPS) is 15.3. The summed E-state index contributed by atoms with van der Waals surface area (Å²) in [5.41, 5.74) is 11.7. The van der Waals surface area contributed by atoms with E-state index >= 15 is 0 Å². The zero-order valence-corrected chi connectivity index (χ0v) is 22.6. The molecule has 3 aromatic rings. The molecule has 10 heteroatoms. The summed E-state index contributed by atoms with van der Waals surface area (Å²) in [6.45, 7) is 6.93. The molecule has 9 nitrogen and oxygen atoms in total. The van der Waals surface area contributed by atoms with Crippen LogP contribution in [0.4, 0.5) is 28.8 Å². The van der Waals surface area contributed by atoms with Gasteiger partial charge in [-0.05, 0) is 37.7 Å². The number of aryl methyl sites for hydroxylation is 1. The Morgan fingerprint density at radius 3 is 2.68 bits per heavy atom. The van der Waals surface area contributed by atoms with Crippen LogP contribution in [-0.2, 0) is 0 Å². The third-order valence-electron chi connectivity index (χ3n) is 6.20. The van der Waals surface area contributed by atoms with E-state index in [0.29, 0.717) is 41.9 Å². The monoisotopic (exact) mass is 514 g/mol. The van der Waals surface area contributed by atoms with Crippen molar-refractivity contribution in [2.24, 2.45) is 10.7 Å². The van der Waals surface area contributed by atoms with Gasteiger partial charge in [0.05, 0.1) is 18.5 Å². The molecule has 0 saturated carbocycles. The summed E-state index contributed by atoms with van der Waals surface area (Å²) in [6.07, 6.45) is 6.18. The Balaban J connectivity index is 1.75. The molecule has 0 amide bonds. The van der Waals surface area contributed by atoms with Gasteiger partial charge in [-0.1, -0.05) is 26.1 Å². The number of anilines is 5. The Morgan fingerprint density at radius 2 is 2.00 bits per heavy atom. The second kappa shape index (κ2) is 11.3. The van der Waals surface area contributed by atoms with Crippen LogP contribution in [0.25, 0.3) is 5.57 Å². The first-order chi connectivity index (χ1) is 17.9. The zero-order valence-electron chi connectivity index (χ0n) is 21.7. The maximum absolute atomic E-state index is 9.78. The number of nitrogens with two attached hydrogens (primary N) is 1. The van der Waals surface area contributed by atoms with Gasteiger partial charge in [0.25, 0.3) is 0 Å². The molecule has 4 rings (SSSR count). The largest absolute Gasteiger partial charge is 0.494 e. The van der Waals surface area contributed by atoms with E-state index in [0.717, 1.165) is 28.1 Å². The third-order valence-corrected chi connectivity index (χ3v) is 7.55. The molecule has 0 saturated heterocycles. The second-order valence-electron chi connectivity index (χ2n) is 8.71. The summed E-state index contributed by atoms with van der Waals surface area (Å²) in [4.78, 5) is 15.3. The van der Waals surface area contributed by atoms with E-state index in [1.807, 2.05) is 25.1 Å². The van der Waals surface area contributed by atoms with E-state index in [9.17, 15) is 5.26 Å². The number of hydrogen-bond acceptors (Lipinski definition) is 9. The molecule has 0 spiro atoms. The molecular weight excluding hydrogens is 483 g/mol. The molecule has 37 heavy (non-hydrogen) atoms. The van der Waals surface area contributed by atoms with Gasteiger partial charge in [-0.25, -0.2) is 4.98 Å². The van der Waals surface area contributed by atoms with Gasteiger partial charge in [-0.15, -0.1) is 0 Å². The average molecular weight is 515 g/mol. The lowest BCUT2D eigenvalue weighted by atomic mass is 9.99. The predicted molar refractivity (Wildman–Crippen MR) is 154 cm³/mol. The first-order valence-electron chi connectivity index (χ1n) is 11.8. The van der Waals surface area contributed by atoms with Crippen LogP contribution in [0, 0.1) is 18.4 Å². The van der Waals surface area contributed by atoms with Gasteiger partial charge in [0.2, 0.25) is 5.95 Å². The number of nitriles is 1. The lowest BCUT2D eigenvalue weighted by Crippen LogP contribution is -2.18. The quantitative estimate of drug-likeness (QED) is 0.319. The number of benzene rings is 2. The minimum atomic E-state index is -0.290. The highest BCUT2D eigenvalue weighted by Crippen LogP contribution is 2.40. The minimum absolute atomic E-state index is 0.290. The van der Waals surface area contributed by atoms with Crippen molar-refractivity contribution in [3.05, 3.63) is 59.9 Å². The van der Waals surface area contributed by atoms with Gasteiger partial charge >= 0.3 is 0 Å². The zero-order chi connectivity index (χ0) is 26.5. The summed E-state index contributed by atoms with van der Waals surface area (Å²) in [6, 6.07) is 12.0. The van der Waals surface area contributed by atoms with E-state index in [1.165, 1.54) is 11.5 Å². The lowest BCUT2D eigenvalue weighted by Gasteiger charge is -2.20. The summed E-state index contributed by atoms with van der Waals surface area (Å²) in [5, 5.41) is 17.8. The molecule has 1 aromatic heterocycles. The summed E-state index contributed by atoms with van der Waals surface area (Å²) in [7, 11) is 3.03. The number of ether oxygens (including phenoxy) is 1. The van der Waals surface area contributed by atoms with Gasteiger partial charge in [0.15, 0.2) is 6.19 Å². The number of para-hydroxylation sites is 1. The maximum Gasteiger partial charge on any atom is 0.229 e. The topological polar surface area (TPSA) is 124 Å². The molecule has 2 heterocycles. The molecule has 4 N–H and O–H groups in total. The molecule has 0 bridgehead atoms. The second-order valence-corrected chi connectivity index (χ2v) is 11.0. The highest BCUT2D eigenvalue weighted by Gasteiger charge is 2.25. The number of fused-ring (bicyclic) bond motifs is 1. The Kier molecular flexibility index (Phi) is 7.90. The van der Waals surface area contributed by atoms with Crippen LogP contribution in [0.2, 0.25) is 0 Å². The molecule has 0 aliphatic carbocycles. The first-order valence-corrected chi connectivity index (χ1v) is 14.0. The van der Waals surface area contributed by atoms with Crippen LogP contribution in [0.3, 0.4) is 0 Å². The number of aliphatic imine (C=N–C) groups is 1. The van der Waals surface area contributed by atoms with Crippen molar-refractivity contribution in [1.29, 1.82) is 5.26 Å². The van der Waals surface area contributed by atoms with Crippen molar-refractivity contribution in [3.63, 3.8) is 0 Å². The van der Waals surface area contributed by atoms with Crippen LogP contribution in [-0.4, -0.2) is 49.7 Å². The molecule has 0 radical (unpaired) electrons. The molecular formula is C27H31N8OP. The molecule has 1 aliphatic heterocycles. The van der Waals surface area contributed by atoms with Crippen molar-refractivity contribution in [2.75, 3.05) is 49.6 Å². The summed E-state index contributed by atoms with van der Waals surface area (Å²) >= 11 is 0. The van der Waals surface area contributed by atoms with Crippen LogP contribution < -0.4 is 31.3 Å². The summed E-state index contributed by atoms with van der Waals surface area (Å²) in [5.74, 6) is 1.68. The number of rotatable bonds is 6. The molecule has 0 unspecified atom stereocenters. The van der Waals surface area contributed by atoms with Crippen molar-refractivity contribution >= 4 is 53.3 Å². The van der Waals surface area contributed by atoms with Crippen molar-refractivity contribution in [3.8, 4) is 11.9 Å². The number of methoxy groups -OCH3 is 1. The molecule has 190 valence electrons. The van der Waals surface area contributed by atoms with Gasteiger partial charge in [0, 0.05) is 66.6 Å². The summed E-state index contributed by atoms with van der Waals surface area (Å²) < 4.78 is 5.68. The van der Waals surface area contributed by atoms with Gasteiger partial charge < -0.3 is 21.1 Å². The molecule has 1 aliphatic rings. The number of allylic oxidation sites excluding steroid dienone is 1. The van der Waals surface area contributed by atoms with E-state index < -0.39 is 0 Å². The minimum Gasteiger partial charge on any atom is -0.494 e. The SMILES string of the molecule is CN=C1CCN(C#N)c2cc(OC)c(Nc3ncc(C)c(Nc4ccccc4P(C)C)n3)cc2C1=CN. The van der Waals surface area contributed by atoms with Gasteiger partial charge in [-0.2, -0.15) is 10.2 Å². The molecule has 0 fully saturated rings. The Hall–Kier alpha value is -4.15. The fourth-order valence-electron chi connectivity index (χ4n) is 4.27. The van der Waals surface area contributed by atoms with E-state index in [-0.39, 0.29) is 7.92 Å². The molecule has 0 atom stereocenters. The standard InChI is InChI=1S/C27H31N8OP/c1-17-15-31-27(34-26(17)32-21-8-6-7-9-25(21)37(4)5)33-22-12-18-19(14-28)20(30-2)10-11-35(16-29)23(18)13-24(22)36-3/h6-9,12-15H,10-11,28H2,1-5H3,(H2,31,32,33,34).